The second kappa shape index (κ2) is 6.38. The molecule has 0 spiro atoms. The van der Waals surface area contributed by atoms with E-state index in [1.54, 1.807) is 0 Å². The smallest absolute Gasteiger partial charge is 0.0693 e. The third-order valence-electron chi connectivity index (χ3n) is 4.97. The Kier molecular flexibility index (Phi) is 5.08. The van der Waals surface area contributed by atoms with Crippen LogP contribution in [0.4, 0.5) is 0 Å². The van der Waals surface area contributed by atoms with E-state index in [-0.39, 0.29) is 6.10 Å². The lowest BCUT2D eigenvalue weighted by molar-refractivity contribution is 0.0806. The van der Waals surface area contributed by atoms with Crippen LogP contribution in [0.15, 0.2) is 0 Å². The zero-order valence-electron chi connectivity index (χ0n) is 12.3. The van der Waals surface area contributed by atoms with Crippen LogP contribution < -0.4 is 5.32 Å². The Hall–Kier alpha value is -0.0800. The van der Waals surface area contributed by atoms with Gasteiger partial charge >= 0.3 is 0 Å². The lowest BCUT2D eigenvalue weighted by Crippen LogP contribution is -2.46. The van der Waals surface area contributed by atoms with Gasteiger partial charge in [0.25, 0.3) is 0 Å². The molecule has 0 aromatic heterocycles. The standard InChI is InChI=1S/C16H31NO/c1-13(2)11-16(9-5-6-10-16)12-17-14-7-3-4-8-15(14)18/h13-15,17-18H,3-12H2,1-2H3. The SMILES string of the molecule is CC(C)CC1(CNC2CCCCC2O)CCCC1. The van der Waals surface area contributed by atoms with Crippen LogP contribution in [0.5, 0.6) is 0 Å². The van der Waals surface area contributed by atoms with Gasteiger partial charge in [0.2, 0.25) is 0 Å². The highest BCUT2D eigenvalue weighted by atomic mass is 16.3. The van der Waals surface area contributed by atoms with Crippen LogP contribution >= 0.6 is 0 Å². The number of hydrogen-bond donors (Lipinski definition) is 2. The van der Waals surface area contributed by atoms with Gasteiger partial charge in [-0.25, -0.2) is 0 Å². The van der Waals surface area contributed by atoms with Crippen LogP contribution in [0.25, 0.3) is 0 Å². The Labute approximate surface area is 113 Å². The van der Waals surface area contributed by atoms with Crippen molar-refractivity contribution in [1.29, 1.82) is 0 Å². The minimum absolute atomic E-state index is 0.101. The molecule has 2 saturated carbocycles. The monoisotopic (exact) mass is 253 g/mol. The lowest BCUT2D eigenvalue weighted by Gasteiger charge is -2.36. The molecule has 0 heterocycles. The molecule has 2 N–H and O–H groups in total. The van der Waals surface area contributed by atoms with E-state index in [2.05, 4.69) is 19.2 Å². The zero-order valence-corrected chi connectivity index (χ0v) is 12.3. The second-order valence-corrected chi connectivity index (χ2v) is 7.14. The number of aliphatic hydroxyl groups excluding tert-OH is 1. The van der Waals surface area contributed by atoms with Crippen molar-refractivity contribution in [3.63, 3.8) is 0 Å². The molecular formula is C16H31NO. The Morgan fingerprint density at radius 1 is 1.11 bits per heavy atom. The van der Waals surface area contributed by atoms with Gasteiger partial charge in [0, 0.05) is 12.6 Å². The zero-order chi connectivity index (χ0) is 13.0. The Morgan fingerprint density at radius 3 is 2.39 bits per heavy atom. The summed E-state index contributed by atoms with van der Waals surface area (Å²) in [4.78, 5) is 0. The fraction of sp³-hybridized carbons (Fsp3) is 1.00. The summed E-state index contributed by atoms with van der Waals surface area (Å²) in [6.45, 7) is 5.82. The van der Waals surface area contributed by atoms with Gasteiger partial charge < -0.3 is 10.4 Å². The highest BCUT2D eigenvalue weighted by molar-refractivity contribution is 4.90. The maximum atomic E-state index is 10.0. The maximum absolute atomic E-state index is 10.0. The van der Waals surface area contributed by atoms with E-state index in [0.717, 1.165) is 18.9 Å². The van der Waals surface area contributed by atoms with Crippen LogP contribution in [0.2, 0.25) is 0 Å². The predicted octanol–water partition coefficient (Wildman–Crippen LogP) is 3.49. The summed E-state index contributed by atoms with van der Waals surface area (Å²) in [6.07, 6.45) is 11.5. The number of aliphatic hydroxyl groups is 1. The molecule has 2 atom stereocenters. The average Bonchev–Trinajstić information content (AvgIpc) is 2.76. The van der Waals surface area contributed by atoms with Gasteiger partial charge in [-0.15, -0.1) is 0 Å². The van der Waals surface area contributed by atoms with Gasteiger partial charge in [-0.2, -0.15) is 0 Å². The van der Waals surface area contributed by atoms with Gasteiger partial charge in [-0.3, -0.25) is 0 Å². The lowest BCUT2D eigenvalue weighted by atomic mass is 9.78. The molecule has 0 radical (unpaired) electrons. The summed E-state index contributed by atoms with van der Waals surface area (Å²) in [5.41, 5.74) is 0.533. The van der Waals surface area contributed by atoms with Gasteiger partial charge in [-0.1, -0.05) is 39.5 Å². The summed E-state index contributed by atoms with van der Waals surface area (Å²) in [5.74, 6) is 0.793. The van der Waals surface area contributed by atoms with Crippen molar-refractivity contribution >= 4 is 0 Å². The molecule has 2 aliphatic rings. The van der Waals surface area contributed by atoms with E-state index in [0.29, 0.717) is 11.5 Å². The van der Waals surface area contributed by atoms with Crippen molar-refractivity contribution in [1.82, 2.24) is 5.32 Å². The largest absolute Gasteiger partial charge is 0.392 e. The summed E-state index contributed by atoms with van der Waals surface area (Å²) in [5, 5.41) is 13.8. The minimum atomic E-state index is -0.101. The van der Waals surface area contributed by atoms with Crippen LogP contribution in [0, 0.1) is 11.3 Å². The van der Waals surface area contributed by atoms with Gasteiger partial charge in [-0.05, 0) is 43.4 Å². The van der Waals surface area contributed by atoms with Crippen LogP contribution in [0.3, 0.4) is 0 Å². The molecule has 0 aromatic carbocycles. The highest BCUT2D eigenvalue weighted by Crippen LogP contribution is 2.42. The molecule has 2 nitrogen and oxygen atoms in total. The molecule has 106 valence electrons. The Bertz CT molecular complexity index is 245. The molecule has 0 aliphatic heterocycles. The molecule has 0 amide bonds. The molecule has 18 heavy (non-hydrogen) atoms. The third-order valence-corrected chi connectivity index (χ3v) is 4.97. The fourth-order valence-electron chi connectivity index (χ4n) is 4.14. The molecule has 2 aliphatic carbocycles. The first-order chi connectivity index (χ1) is 8.61. The molecule has 0 aromatic rings. The van der Waals surface area contributed by atoms with E-state index in [1.165, 1.54) is 51.4 Å². The second-order valence-electron chi connectivity index (χ2n) is 7.14. The first-order valence-electron chi connectivity index (χ1n) is 8.03. The topological polar surface area (TPSA) is 32.3 Å². The number of hydrogen-bond acceptors (Lipinski definition) is 2. The van der Waals surface area contributed by atoms with Crippen molar-refractivity contribution in [2.75, 3.05) is 6.54 Å². The van der Waals surface area contributed by atoms with Crippen molar-refractivity contribution in [3.8, 4) is 0 Å². The molecule has 2 unspecified atom stereocenters. The summed E-state index contributed by atoms with van der Waals surface area (Å²) in [7, 11) is 0. The molecule has 2 fully saturated rings. The molecule has 2 rings (SSSR count). The fourth-order valence-corrected chi connectivity index (χ4v) is 4.14. The average molecular weight is 253 g/mol. The summed E-state index contributed by atoms with van der Waals surface area (Å²) >= 11 is 0. The van der Waals surface area contributed by atoms with Gasteiger partial charge in [0.05, 0.1) is 6.10 Å². The van der Waals surface area contributed by atoms with Crippen molar-refractivity contribution in [3.05, 3.63) is 0 Å². The predicted molar refractivity (Wildman–Crippen MR) is 76.6 cm³/mol. The van der Waals surface area contributed by atoms with Gasteiger partial charge in [0.15, 0.2) is 0 Å². The maximum Gasteiger partial charge on any atom is 0.0693 e. The normalized spacial score (nSPS) is 32.0. The highest BCUT2D eigenvalue weighted by Gasteiger charge is 2.35. The van der Waals surface area contributed by atoms with Crippen LogP contribution in [-0.4, -0.2) is 23.8 Å². The van der Waals surface area contributed by atoms with E-state index < -0.39 is 0 Å². The van der Waals surface area contributed by atoms with E-state index >= 15 is 0 Å². The van der Waals surface area contributed by atoms with Crippen LogP contribution in [0.1, 0.15) is 71.6 Å². The third kappa shape index (κ3) is 3.71. The number of nitrogens with one attached hydrogen (secondary N) is 1. The van der Waals surface area contributed by atoms with E-state index in [1.807, 2.05) is 0 Å². The molecule has 2 heteroatoms. The van der Waals surface area contributed by atoms with Gasteiger partial charge in [0.1, 0.15) is 0 Å². The Morgan fingerprint density at radius 2 is 1.78 bits per heavy atom. The summed E-state index contributed by atoms with van der Waals surface area (Å²) < 4.78 is 0. The first-order valence-corrected chi connectivity index (χ1v) is 8.03. The minimum Gasteiger partial charge on any atom is -0.392 e. The van der Waals surface area contributed by atoms with E-state index in [4.69, 9.17) is 0 Å². The molecule has 0 saturated heterocycles. The summed E-state index contributed by atoms with van der Waals surface area (Å²) in [6, 6.07) is 0.364. The quantitative estimate of drug-likeness (QED) is 0.786. The van der Waals surface area contributed by atoms with Crippen molar-refractivity contribution < 1.29 is 5.11 Å². The van der Waals surface area contributed by atoms with E-state index in [9.17, 15) is 5.11 Å². The molecular weight excluding hydrogens is 222 g/mol. The molecule has 0 bridgehead atoms. The number of rotatable bonds is 5. The van der Waals surface area contributed by atoms with Crippen LogP contribution in [-0.2, 0) is 0 Å². The van der Waals surface area contributed by atoms with Crippen molar-refractivity contribution in [2.24, 2.45) is 11.3 Å². The Balaban J connectivity index is 1.85. The first kappa shape index (κ1) is 14.3. The van der Waals surface area contributed by atoms with Crippen molar-refractivity contribution in [2.45, 2.75) is 83.8 Å².